The van der Waals surface area contributed by atoms with Gasteiger partial charge in [-0.3, -0.25) is 9.69 Å². The molecule has 6 nitrogen and oxygen atoms in total. The number of halogens is 4. The average molecular weight is 399 g/mol. The molecular weight excluding hydrogens is 378 g/mol. The molecular formula is C18H21F4N5O. The van der Waals surface area contributed by atoms with E-state index in [0.29, 0.717) is 30.6 Å². The number of nitrogens with one attached hydrogen (secondary N) is 1. The van der Waals surface area contributed by atoms with Crippen molar-refractivity contribution in [2.24, 2.45) is 5.92 Å². The van der Waals surface area contributed by atoms with Crippen LogP contribution in [-0.2, 0) is 11.3 Å². The molecule has 1 aromatic carbocycles. The van der Waals surface area contributed by atoms with E-state index < -0.39 is 18.6 Å². The number of anilines is 1. The molecule has 1 atom stereocenters. The summed E-state index contributed by atoms with van der Waals surface area (Å²) in [7, 11) is 0. The van der Waals surface area contributed by atoms with Crippen LogP contribution in [0.2, 0.25) is 0 Å². The summed E-state index contributed by atoms with van der Waals surface area (Å²) in [6.07, 6.45) is -3.23. The number of aromatic nitrogens is 3. The van der Waals surface area contributed by atoms with Crippen LogP contribution < -0.4 is 5.32 Å². The number of likely N-dealkylation sites (tertiary alicyclic amines) is 1. The van der Waals surface area contributed by atoms with Crippen molar-refractivity contribution < 1.29 is 22.4 Å². The molecule has 1 N–H and O–H groups in total. The van der Waals surface area contributed by atoms with Crippen molar-refractivity contribution in [1.29, 1.82) is 0 Å². The summed E-state index contributed by atoms with van der Waals surface area (Å²) in [6, 6.07) is 6.07. The van der Waals surface area contributed by atoms with Crippen LogP contribution in [0.4, 0.5) is 23.4 Å². The third-order valence-electron chi connectivity index (χ3n) is 4.72. The van der Waals surface area contributed by atoms with Crippen molar-refractivity contribution in [3.63, 3.8) is 0 Å². The van der Waals surface area contributed by atoms with Crippen molar-refractivity contribution in [1.82, 2.24) is 19.9 Å². The zero-order chi connectivity index (χ0) is 20.3. The van der Waals surface area contributed by atoms with Gasteiger partial charge in [-0.05, 0) is 44.0 Å². The Hall–Kier alpha value is -2.49. The number of carbonyl (C=O) groups excluding carboxylic acids is 1. The normalized spacial score (nSPS) is 18.2. The number of benzene rings is 1. The molecule has 3 rings (SSSR count). The number of piperidine rings is 1. The van der Waals surface area contributed by atoms with E-state index in [1.54, 1.807) is 19.1 Å². The highest BCUT2D eigenvalue weighted by molar-refractivity contribution is 5.92. The maximum absolute atomic E-state index is 13.3. The second kappa shape index (κ2) is 8.26. The van der Waals surface area contributed by atoms with Gasteiger partial charge in [0.2, 0.25) is 5.91 Å². The first-order chi connectivity index (χ1) is 13.2. The Morgan fingerprint density at radius 1 is 1.36 bits per heavy atom. The number of hydrogen-bond acceptors (Lipinski definition) is 4. The first kappa shape index (κ1) is 20.2. The fourth-order valence-electron chi connectivity index (χ4n) is 3.32. The van der Waals surface area contributed by atoms with Crippen LogP contribution in [0, 0.1) is 18.7 Å². The van der Waals surface area contributed by atoms with E-state index in [-0.39, 0.29) is 30.6 Å². The van der Waals surface area contributed by atoms with E-state index in [4.69, 9.17) is 0 Å². The second-order valence-corrected chi connectivity index (χ2v) is 6.99. The number of alkyl halides is 3. The molecule has 1 aromatic heterocycles. The lowest BCUT2D eigenvalue weighted by Gasteiger charge is -2.32. The van der Waals surface area contributed by atoms with Gasteiger partial charge in [-0.1, -0.05) is 17.3 Å². The second-order valence-electron chi connectivity index (χ2n) is 6.99. The van der Waals surface area contributed by atoms with Gasteiger partial charge < -0.3 is 5.32 Å². The fourth-order valence-corrected chi connectivity index (χ4v) is 3.32. The molecule has 0 saturated carbocycles. The highest BCUT2D eigenvalue weighted by Crippen LogP contribution is 2.23. The number of carbonyl (C=O) groups is 1. The highest BCUT2D eigenvalue weighted by Gasteiger charge is 2.34. The Labute approximate surface area is 159 Å². The lowest BCUT2D eigenvalue weighted by Crippen LogP contribution is -2.44. The molecule has 0 aliphatic carbocycles. The molecule has 0 bridgehead atoms. The van der Waals surface area contributed by atoms with E-state index in [1.807, 2.05) is 0 Å². The van der Waals surface area contributed by atoms with E-state index in [0.717, 1.165) is 0 Å². The molecule has 0 unspecified atom stereocenters. The lowest BCUT2D eigenvalue weighted by atomic mass is 9.97. The van der Waals surface area contributed by atoms with Crippen molar-refractivity contribution in [2.45, 2.75) is 32.5 Å². The number of rotatable bonds is 5. The van der Waals surface area contributed by atoms with Gasteiger partial charge in [-0.25, -0.2) is 9.07 Å². The molecule has 10 heteroatoms. The molecule has 0 radical (unpaired) electrons. The van der Waals surface area contributed by atoms with Crippen LogP contribution in [0.1, 0.15) is 24.1 Å². The zero-order valence-corrected chi connectivity index (χ0v) is 15.3. The minimum absolute atomic E-state index is 0.0574. The Morgan fingerprint density at radius 2 is 2.14 bits per heavy atom. The largest absolute Gasteiger partial charge is 0.401 e. The van der Waals surface area contributed by atoms with Crippen LogP contribution in [-0.4, -0.2) is 51.6 Å². The van der Waals surface area contributed by atoms with Gasteiger partial charge >= 0.3 is 6.18 Å². The predicted octanol–water partition coefficient (Wildman–Crippen LogP) is 2.99. The van der Waals surface area contributed by atoms with Crippen molar-refractivity contribution in [2.75, 3.05) is 25.0 Å². The lowest BCUT2D eigenvalue weighted by molar-refractivity contribution is -0.151. The quantitative estimate of drug-likeness (QED) is 0.786. The van der Waals surface area contributed by atoms with Gasteiger partial charge in [0.25, 0.3) is 0 Å². The van der Waals surface area contributed by atoms with E-state index in [1.165, 1.54) is 21.7 Å². The molecule has 1 amide bonds. The summed E-state index contributed by atoms with van der Waals surface area (Å²) in [6.45, 7) is 1.37. The number of amides is 1. The van der Waals surface area contributed by atoms with Crippen LogP contribution in [0.3, 0.4) is 0 Å². The van der Waals surface area contributed by atoms with E-state index >= 15 is 0 Å². The fraction of sp³-hybridized carbons (Fsp3) is 0.500. The first-order valence-corrected chi connectivity index (χ1v) is 8.96. The monoisotopic (exact) mass is 399 g/mol. The van der Waals surface area contributed by atoms with E-state index in [9.17, 15) is 22.4 Å². The Kier molecular flexibility index (Phi) is 5.97. The summed E-state index contributed by atoms with van der Waals surface area (Å²) < 4.78 is 52.6. The van der Waals surface area contributed by atoms with Gasteiger partial charge in [0.05, 0.1) is 24.7 Å². The van der Waals surface area contributed by atoms with Crippen molar-refractivity contribution in [3.8, 4) is 0 Å². The standard InChI is InChI=1S/C18H21F4N5O/c1-12-16(24-25-27(12)9-13-4-2-6-15(19)8-13)23-17(28)14-5-3-7-26(10-14)11-18(20,21)22/h2,4,6,8,14H,3,5,7,9-11H2,1H3,(H,23,28)/t14-/m0/s1. The summed E-state index contributed by atoms with van der Waals surface area (Å²) in [5, 5.41) is 10.6. The molecule has 2 heterocycles. The Balaban J connectivity index is 1.62. The molecule has 1 aliphatic rings. The van der Waals surface area contributed by atoms with Gasteiger partial charge in [0, 0.05) is 6.54 Å². The average Bonchev–Trinajstić information content (AvgIpc) is 2.94. The molecule has 1 fully saturated rings. The van der Waals surface area contributed by atoms with E-state index in [2.05, 4.69) is 15.6 Å². The maximum Gasteiger partial charge on any atom is 0.401 e. The molecule has 1 aliphatic heterocycles. The summed E-state index contributed by atoms with van der Waals surface area (Å²) in [5.74, 6) is -1.00. The Bertz CT molecular complexity index is 836. The van der Waals surface area contributed by atoms with Crippen molar-refractivity contribution >= 4 is 11.7 Å². The van der Waals surface area contributed by atoms with Crippen LogP contribution in [0.15, 0.2) is 24.3 Å². The molecule has 1 saturated heterocycles. The first-order valence-electron chi connectivity index (χ1n) is 8.96. The number of nitrogens with zero attached hydrogens (tertiary/aromatic N) is 4. The smallest absolute Gasteiger partial charge is 0.307 e. The summed E-state index contributed by atoms with van der Waals surface area (Å²) >= 11 is 0. The Morgan fingerprint density at radius 3 is 2.86 bits per heavy atom. The topological polar surface area (TPSA) is 63.1 Å². The van der Waals surface area contributed by atoms with Crippen LogP contribution >= 0.6 is 0 Å². The summed E-state index contributed by atoms with van der Waals surface area (Å²) in [5.41, 5.74) is 1.28. The van der Waals surface area contributed by atoms with Gasteiger partial charge in [-0.15, -0.1) is 5.10 Å². The maximum atomic E-state index is 13.3. The van der Waals surface area contributed by atoms with Gasteiger partial charge in [0.1, 0.15) is 5.82 Å². The number of hydrogen-bond donors (Lipinski definition) is 1. The highest BCUT2D eigenvalue weighted by atomic mass is 19.4. The molecule has 0 spiro atoms. The van der Waals surface area contributed by atoms with Crippen LogP contribution in [0.5, 0.6) is 0 Å². The van der Waals surface area contributed by atoms with Crippen LogP contribution in [0.25, 0.3) is 0 Å². The minimum atomic E-state index is -4.28. The van der Waals surface area contributed by atoms with Gasteiger partial charge in [0.15, 0.2) is 5.82 Å². The van der Waals surface area contributed by atoms with Crippen molar-refractivity contribution in [3.05, 3.63) is 41.3 Å². The minimum Gasteiger partial charge on any atom is -0.307 e. The third kappa shape index (κ3) is 5.28. The third-order valence-corrected chi connectivity index (χ3v) is 4.72. The molecule has 28 heavy (non-hydrogen) atoms. The zero-order valence-electron chi connectivity index (χ0n) is 15.3. The van der Waals surface area contributed by atoms with Gasteiger partial charge in [-0.2, -0.15) is 13.2 Å². The summed E-state index contributed by atoms with van der Waals surface area (Å²) in [4.78, 5) is 13.7. The molecule has 2 aromatic rings. The predicted molar refractivity (Wildman–Crippen MR) is 94.1 cm³/mol. The molecule has 152 valence electrons. The SMILES string of the molecule is Cc1c(NC(=O)[C@H]2CCCN(CC(F)(F)F)C2)nnn1Cc1cccc(F)c1.